The zero-order valence-electron chi connectivity index (χ0n) is 16.1. The largest absolute Gasteiger partial charge is 0.454 e. The van der Waals surface area contributed by atoms with Gasteiger partial charge in [0.05, 0.1) is 6.04 Å². The van der Waals surface area contributed by atoms with Crippen molar-refractivity contribution in [2.24, 2.45) is 0 Å². The van der Waals surface area contributed by atoms with Crippen LogP contribution in [0.15, 0.2) is 24.3 Å². The Morgan fingerprint density at radius 1 is 1.32 bits per heavy atom. The van der Waals surface area contributed by atoms with Crippen LogP contribution in [0.25, 0.3) is 0 Å². The number of esters is 1. The van der Waals surface area contributed by atoms with Gasteiger partial charge < -0.3 is 15.4 Å². The molecule has 1 saturated heterocycles. The van der Waals surface area contributed by atoms with Crippen LogP contribution in [-0.4, -0.2) is 47.4 Å². The molecule has 1 aliphatic carbocycles. The maximum absolute atomic E-state index is 12.3. The number of nitrogens with one attached hydrogen (secondary N) is 2. The number of carbonyl (C=O) groups excluding carboxylic acids is 4. The van der Waals surface area contributed by atoms with E-state index in [9.17, 15) is 19.2 Å². The third kappa shape index (κ3) is 4.00. The van der Waals surface area contributed by atoms with Crippen molar-refractivity contribution in [3.05, 3.63) is 35.4 Å². The predicted octanol–water partition coefficient (Wildman–Crippen LogP) is 1.44. The van der Waals surface area contributed by atoms with Crippen molar-refractivity contribution in [2.45, 2.75) is 51.1 Å². The molecule has 0 aromatic heterocycles. The molecule has 8 heteroatoms. The van der Waals surface area contributed by atoms with Crippen LogP contribution in [0.5, 0.6) is 0 Å². The quantitative estimate of drug-likeness (QED) is 0.568. The first-order chi connectivity index (χ1) is 13.3. The van der Waals surface area contributed by atoms with E-state index in [0.717, 1.165) is 29.7 Å². The minimum atomic E-state index is -1.01. The number of rotatable bonds is 6. The van der Waals surface area contributed by atoms with Gasteiger partial charge in [-0.2, -0.15) is 0 Å². The highest BCUT2D eigenvalue weighted by Gasteiger charge is 2.47. The van der Waals surface area contributed by atoms with Gasteiger partial charge in [-0.15, -0.1) is 0 Å². The highest BCUT2D eigenvalue weighted by molar-refractivity contribution is 6.08. The molecular formula is C20H25N3O5. The fourth-order valence-electron chi connectivity index (χ4n) is 3.59. The Balaban J connectivity index is 1.50. The second-order valence-electron chi connectivity index (χ2n) is 7.38. The number of benzene rings is 1. The summed E-state index contributed by atoms with van der Waals surface area (Å²) >= 11 is 0. The number of fused-ring (bicyclic) bond motifs is 1. The van der Waals surface area contributed by atoms with Gasteiger partial charge in [0.1, 0.15) is 12.1 Å². The minimum absolute atomic E-state index is 0.104. The van der Waals surface area contributed by atoms with E-state index in [4.69, 9.17) is 4.74 Å². The number of hydrogen-bond acceptors (Lipinski definition) is 5. The van der Waals surface area contributed by atoms with Crippen LogP contribution >= 0.6 is 0 Å². The SMILES string of the molecule is CC[C@@]1(C)NC(=O)N(CC(=O)OCC(=O)N[C@@H]2CCCc3ccccc32)C1=O. The second-order valence-corrected chi connectivity index (χ2v) is 7.38. The van der Waals surface area contributed by atoms with Crippen LogP contribution in [0.1, 0.15) is 50.3 Å². The molecule has 0 bridgehead atoms. The summed E-state index contributed by atoms with van der Waals surface area (Å²) in [6, 6.07) is 7.22. The summed E-state index contributed by atoms with van der Waals surface area (Å²) in [7, 11) is 0. The van der Waals surface area contributed by atoms with Crippen LogP contribution < -0.4 is 10.6 Å². The molecule has 2 aliphatic rings. The maximum Gasteiger partial charge on any atom is 0.326 e. The Labute approximate surface area is 163 Å². The Hall–Kier alpha value is -2.90. The lowest BCUT2D eigenvalue weighted by Crippen LogP contribution is -2.43. The molecule has 1 aliphatic heterocycles. The summed E-state index contributed by atoms with van der Waals surface area (Å²) in [5.41, 5.74) is 1.29. The highest BCUT2D eigenvalue weighted by atomic mass is 16.5. The molecule has 3 rings (SSSR count). The van der Waals surface area contributed by atoms with E-state index in [1.54, 1.807) is 13.8 Å². The Kier molecular flexibility index (Phi) is 5.67. The average Bonchev–Trinajstić information content (AvgIpc) is 2.90. The first kappa shape index (κ1) is 19.9. The molecule has 1 fully saturated rings. The van der Waals surface area contributed by atoms with Gasteiger partial charge in [0.25, 0.3) is 11.8 Å². The zero-order valence-corrected chi connectivity index (χ0v) is 16.1. The summed E-state index contributed by atoms with van der Waals surface area (Å²) in [6.07, 6.45) is 3.20. The number of nitrogens with zero attached hydrogens (tertiary/aromatic N) is 1. The van der Waals surface area contributed by atoms with E-state index < -0.39 is 42.5 Å². The molecule has 0 saturated carbocycles. The molecule has 0 radical (unpaired) electrons. The molecule has 2 atom stereocenters. The van der Waals surface area contributed by atoms with E-state index in [2.05, 4.69) is 16.7 Å². The van der Waals surface area contributed by atoms with Gasteiger partial charge >= 0.3 is 12.0 Å². The molecular weight excluding hydrogens is 362 g/mol. The molecule has 4 amide bonds. The lowest BCUT2D eigenvalue weighted by Gasteiger charge is -2.26. The molecule has 1 heterocycles. The van der Waals surface area contributed by atoms with E-state index in [0.29, 0.717) is 6.42 Å². The Bertz CT molecular complexity index is 809. The van der Waals surface area contributed by atoms with Crippen LogP contribution in [0.4, 0.5) is 4.79 Å². The van der Waals surface area contributed by atoms with Crippen LogP contribution in [0.3, 0.4) is 0 Å². The normalized spacial score (nSPS) is 23.8. The van der Waals surface area contributed by atoms with Crippen LogP contribution in [-0.2, 0) is 25.5 Å². The molecule has 1 aromatic rings. The third-order valence-corrected chi connectivity index (χ3v) is 5.41. The number of amides is 4. The van der Waals surface area contributed by atoms with E-state index in [-0.39, 0.29) is 6.04 Å². The maximum atomic E-state index is 12.3. The van der Waals surface area contributed by atoms with Crippen LogP contribution in [0, 0.1) is 0 Å². The average molecular weight is 387 g/mol. The molecule has 0 unspecified atom stereocenters. The van der Waals surface area contributed by atoms with Crippen molar-refractivity contribution < 1.29 is 23.9 Å². The standard InChI is InChI=1S/C20H25N3O5/c1-3-20(2)18(26)23(19(27)22-20)11-17(25)28-12-16(24)21-15-10-6-8-13-7-4-5-9-14(13)15/h4-5,7,9,15H,3,6,8,10-12H2,1-2H3,(H,21,24)(H,22,27)/t15-,20-/m1/s1. The smallest absolute Gasteiger partial charge is 0.326 e. The third-order valence-electron chi connectivity index (χ3n) is 5.41. The summed E-state index contributed by atoms with van der Waals surface area (Å²) in [6.45, 7) is 2.41. The fourth-order valence-corrected chi connectivity index (χ4v) is 3.59. The summed E-state index contributed by atoms with van der Waals surface area (Å²) < 4.78 is 4.97. The van der Waals surface area contributed by atoms with E-state index in [1.807, 2.05) is 18.2 Å². The number of ether oxygens (including phenoxy) is 1. The van der Waals surface area contributed by atoms with Crippen molar-refractivity contribution in [3.63, 3.8) is 0 Å². The Morgan fingerprint density at radius 2 is 2.07 bits per heavy atom. The summed E-state index contributed by atoms with van der Waals surface area (Å²) in [5.74, 6) is -1.69. The monoisotopic (exact) mass is 387 g/mol. The predicted molar refractivity (Wildman–Crippen MR) is 100 cm³/mol. The first-order valence-electron chi connectivity index (χ1n) is 9.51. The molecule has 2 N–H and O–H groups in total. The van der Waals surface area contributed by atoms with E-state index in [1.165, 1.54) is 5.56 Å². The van der Waals surface area contributed by atoms with Gasteiger partial charge in [-0.05, 0) is 43.7 Å². The van der Waals surface area contributed by atoms with Gasteiger partial charge in [-0.1, -0.05) is 31.2 Å². The van der Waals surface area contributed by atoms with Gasteiger partial charge in [0.2, 0.25) is 0 Å². The lowest BCUT2D eigenvalue weighted by molar-refractivity contribution is -0.151. The first-order valence-corrected chi connectivity index (χ1v) is 9.51. The number of aryl methyl sites for hydroxylation is 1. The number of carbonyl (C=O) groups is 4. The fraction of sp³-hybridized carbons (Fsp3) is 0.500. The van der Waals surface area contributed by atoms with Gasteiger partial charge in [0, 0.05) is 0 Å². The Morgan fingerprint density at radius 3 is 2.79 bits per heavy atom. The van der Waals surface area contributed by atoms with Crippen molar-refractivity contribution in [1.29, 1.82) is 0 Å². The summed E-state index contributed by atoms with van der Waals surface area (Å²) in [5, 5.41) is 5.45. The van der Waals surface area contributed by atoms with Crippen molar-refractivity contribution in [2.75, 3.05) is 13.2 Å². The number of hydrogen-bond donors (Lipinski definition) is 2. The van der Waals surface area contributed by atoms with E-state index >= 15 is 0 Å². The van der Waals surface area contributed by atoms with Crippen molar-refractivity contribution >= 4 is 23.8 Å². The topological polar surface area (TPSA) is 105 Å². The van der Waals surface area contributed by atoms with Gasteiger partial charge in [-0.3, -0.25) is 19.3 Å². The second kappa shape index (κ2) is 8.00. The lowest BCUT2D eigenvalue weighted by atomic mass is 9.88. The molecule has 8 nitrogen and oxygen atoms in total. The zero-order chi connectivity index (χ0) is 20.3. The molecule has 0 spiro atoms. The highest BCUT2D eigenvalue weighted by Crippen LogP contribution is 2.29. The molecule has 1 aromatic carbocycles. The molecule has 28 heavy (non-hydrogen) atoms. The number of imide groups is 1. The minimum Gasteiger partial charge on any atom is -0.454 e. The molecule has 150 valence electrons. The van der Waals surface area contributed by atoms with Gasteiger partial charge in [-0.25, -0.2) is 4.79 Å². The number of urea groups is 1. The van der Waals surface area contributed by atoms with Crippen LogP contribution in [0.2, 0.25) is 0 Å². The van der Waals surface area contributed by atoms with Crippen molar-refractivity contribution in [1.82, 2.24) is 15.5 Å². The van der Waals surface area contributed by atoms with Crippen molar-refractivity contribution in [3.8, 4) is 0 Å². The summed E-state index contributed by atoms with van der Waals surface area (Å²) in [4.78, 5) is 49.2. The van der Waals surface area contributed by atoms with Gasteiger partial charge in [0.15, 0.2) is 6.61 Å².